The minimum atomic E-state index is 0.0602. The fraction of sp³-hybridized carbons (Fsp3) is 0.125. The second-order valence-corrected chi connectivity index (χ2v) is 7.73. The molecule has 0 aliphatic heterocycles. The van der Waals surface area contributed by atoms with E-state index in [4.69, 9.17) is 4.74 Å². The third-order valence-corrected chi connectivity index (χ3v) is 5.63. The summed E-state index contributed by atoms with van der Waals surface area (Å²) in [6.45, 7) is 2.05. The van der Waals surface area contributed by atoms with Crippen molar-refractivity contribution < 1.29 is 9.53 Å². The number of Topliss-reactive ketones (excluding diaryl/α,β-unsaturated/α-hetero) is 1. The van der Waals surface area contributed by atoms with E-state index < -0.39 is 0 Å². The third-order valence-electron chi connectivity index (χ3n) is 4.70. The number of hydrogen-bond donors (Lipinski definition) is 0. The molecule has 1 heterocycles. The minimum absolute atomic E-state index is 0.0602. The summed E-state index contributed by atoms with van der Waals surface area (Å²) in [5.74, 6) is 1.85. The first kappa shape index (κ1) is 19.9. The van der Waals surface area contributed by atoms with Gasteiger partial charge in [-0.25, -0.2) is 0 Å². The normalized spacial score (nSPS) is 10.7. The van der Waals surface area contributed by atoms with Crippen molar-refractivity contribution in [3.05, 3.63) is 90.0 Å². The lowest BCUT2D eigenvalue weighted by Crippen LogP contribution is -2.05. The summed E-state index contributed by atoms with van der Waals surface area (Å²) in [6, 6.07) is 25.2. The number of nitrogens with zero attached hydrogens (tertiary/aromatic N) is 3. The number of benzene rings is 3. The summed E-state index contributed by atoms with van der Waals surface area (Å²) in [4.78, 5) is 12.6. The Kier molecular flexibility index (Phi) is 5.95. The topological polar surface area (TPSA) is 57.0 Å². The van der Waals surface area contributed by atoms with Crippen LogP contribution in [0.1, 0.15) is 15.9 Å². The molecule has 6 heteroatoms. The Bertz CT molecular complexity index is 1140. The molecule has 1 aromatic heterocycles. The number of aromatic nitrogens is 3. The van der Waals surface area contributed by atoms with Gasteiger partial charge in [-0.05, 0) is 43.3 Å². The zero-order valence-corrected chi connectivity index (χ0v) is 17.6. The van der Waals surface area contributed by atoms with E-state index in [-0.39, 0.29) is 11.5 Å². The first-order chi connectivity index (χ1) is 14.7. The van der Waals surface area contributed by atoms with E-state index in [1.807, 2.05) is 71.3 Å². The van der Waals surface area contributed by atoms with E-state index in [9.17, 15) is 4.79 Å². The predicted octanol–water partition coefficient (Wildman–Crippen LogP) is 5.23. The number of rotatable bonds is 7. The van der Waals surface area contributed by atoms with Crippen LogP contribution in [0.25, 0.3) is 17.1 Å². The van der Waals surface area contributed by atoms with Crippen molar-refractivity contribution in [3.63, 3.8) is 0 Å². The van der Waals surface area contributed by atoms with Crippen LogP contribution in [0.2, 0.25) is 0 Å². The molecule has 3 aromatic carbocycles. The van der Waals surface area contributed by atoms with Gasteiger partial charge in [-0.2, -0.15) is 0 Å². The Morgan fingerprint density at radius 1 is 0.933 bits per heavy atom. The van der Waals surface area contributed by atoms with Crippen LogP contribution in [-0.2, 0) is 0 Å². The van der Waals surface area contributed by atoms with Gasteiger partial charge in [0.2, 0.25) is 0 Å². The van der Waals surface area contributed by atoms with Gasteiger partial charge in [0.25, 0.3) is 0 Å². The van der Waals surface area contributed by atoms with E-state index in [0.717, 1.165) is 22.8 Å². The molecule has 0 fully saturated rings. The van der Waals surface area contributed by atoms with Gasteiger partial charge in [0.1, 0.15) is 5.75 Å². The number of carbonyl (C=O) groups excluding carboxylic acids is 1. The van der Waals surface area contributed by atoms with Crippen LogP contribution in [0.4, 0.5) is 0 Å². The standard InChI is InChI=1S/C24H21N3O2S/c1-17-8-12-20(13-9-17)27-23(19-10-14-21(29-2)15-11-19)25-26-24(27)30-16-22(28)18-6-4-3-5-7-18/h3-15H,16H2,1-2H3. The second kappa shape index (κ2) is 8.97. The Morgan fingerprint density at radius 3 is 2.30 bits per heavy atom. The van der Waals surface area contributed by atoms with Crippen molar-refractivity contribution in [2.75, 3.05) is 12.9 Å². The Labute approximate surface area is 179 Å². The third kappa shape index (κ3) is 4.28. The zero-order valence-electron chi connectivity index (χ0n) is 16.8. The van der Waals surface area contributed by atoms with Crippen molar-refractivity contribution in [1.82, 2.24) is 14.8 Å². The van der Waals surface area contributed by atoms with Crippen LogP contribution in [0.3, 0.4) is 0 Å². The number of aryl methyl sites for hydroxylation is 1. The number of ketones is 1. The average Bonchev–Trinajstić information content (AvgIpc) is 3.22. The van der Waals surface area contributed by atoms with Crippen molar-refractivity contribution in [3.8, 4) is 22.8 Å². The molecule has 30 heavy (non-hydrogen) atoms. The lowest BCUT2D eigenvalue weighted by Gasteiger charge is -2.11. The molecular formula is C24H21N3O2S. The Balaban J connectivity index is 1.68. The molecule has 0 saturated heterocycles. The first-order valence-electron chi connectivity index (χ1n) is 9.53. The fourth-order valence-electron chi connectivity index (χ4n) is 3.05. The largest absolute Gasteiger partial charge is 0.497 e. The van der Waals surface area contributed by atoms with Crippen molar-refractivity contribution >= 4 is 17.5 Å². The SMILES string of the molecule is COc1ccc(-c2nnc(SCC(=O)c3ccccc3)n2-c2ccc(C)cc2)cc1. The molecule has 0 unspecified atom stereocenters. The maximum atomic E-state index is 12.6. The summed E-state index contributed by atoms with van der Waals surface area (Å²) in [5.41, 5.74) is 3.74. The molecule has 0 aliphatic rings. The van der Waals surface area contributed by atoms with Gasteiger partial charge < -0.3 is 4.74 Å². The molecule has 0 amide bonds. The molecule has 0 bridgehead atoms. The molecular weight excluding hydrogens is 394 g/mol. The van der Waals surface area contributed by atoms with E-state index in [1.165, 1.54) is 17.3 Å². The molecule has 0 saturated carbocycles. The smallest absolute Gasteiger partial charge is 0.196 e. The van der Waals surface area contributed by atoms with Gasteiger partial charge in [0, 0.05) is 16.8 Å². The van der Waals surface area contributed by atoms with Crippen LogP contribution < -0.4 is 4.74 Å². The molecule has 0 aliphatic carbocycles. The Hall–Kier alpha value is -3.38. The van der Waals surface area contributed by atoms with Crippen molar-refractivity contribution in [1.29, 1.82) is 0 Å². The molecule has 150 valence electrons. The molecule has 0 spiro atoms. The van der Waals surface area contributed by atoms with Crippen LogP contribution in [-0.4, -0.2) is 33.4 Å². The van der Waals surface area contributed by atoms with Crippen LogP contribution >= 0.6 is 11.8 Å². The number of hydrogen-bond acceptors (Lipinski definition) is 5. The summed E-state index contributed by atoms with van der Waals surface area (Å²) < 4.78 is 7.25. The molecule has 0 radical (unpaired) electrons. The Morgan fingerprint density at radius 2 is 1.63 bits per heavy atom. The monoisotopic (exact) mass is 415 g/mol. The quantitative estimate of drug-likeness (QED) is 0.306. The van der Waals surface area contributed by atoms with Crippen LogP contribution in [0, 0.1) is 6.92 Å². The minimum Gasteiger partial charge on any atom is -0.497 e. The number of thioether (sulfide) groups is 1. The highest BCUT2D eigenvalue weighted by Gasteiger charge is 2.18. The van der Waals surface area contributed by atoms with E-state index in [0.29, 0.717) is 10.7 Å². The number of methoxy groups -OCH3 is 1. The van der Waals surface area contributed by atoms with Gasteiger partial charge in [-0.3, -0.25) is 9.36 Å². The average molecular weight is 416 g/mol. The molecule has 0 N–H and O–H groups in total. The zero-order chi connectivity index (χ0) is 20.9. The van der Waals surface area contributed by atoms with Gasteiger partial charge in [0.15, 0.2) is 16.8 Å². The van der Waals surface area contributed by atoms with E-state index >= 15 is 0 Å². The summed E-state index contributed by atoms with van der Waals surface area (Å²) in [6.07, 6.45) is 0. The van der Waals surface area contributed by atoms with Crippen molar-refractivity contribution in [2.24, 2.45) is 0 Å². The molecule has 4 aromatic rings. The maximum absolute atomic E-state index is 12.6. The maximum Gasteiger partial charge on any atom is 0.196 e. The molecule has 5 nitrogen and oxygen atoms in total. The van der Waals surface area contributed by atoms with Gasteiger partial charge >= 0.3 is 0 Å². The first-order valence-corrected chi connectivity index (χ1v) is 10.5. The summed E-state index contributed by atoms with van der Waals surface area (Å²) in [5, 5.41) is 9.50. The van der Waals surface area contributed by atoms with Crippen LogP contribution in [0.15, 0.2) is 84.0 Å². The van der Waals surface area contributed by atoms with E-state index in [2.05, 4.69) is 29.3 Å². The molecule has 0 atom stereocenters. The van der Waals surface area contributed by atoms with E-state index in [1.54, 1.807) is 7.11 Å². The van der Waals surface area contributed by atoms with Crippen LogP contribution in [0.5, 0.6) is 5.75 Å². The second-order valence-electron chi connectivity index (χ2n) is 6.78. The lowest BCUT2D eigenvalue weighted by molar-refractivity contribution is 0.102. The predicted molar refractivity (Wildman–Crippen MR) is 120 cm³/mol. The number of carbonyl (C=O) groups is 1. The number of ether oxygens (including phenoxy) is 1. The highest BCUT2D eigenvalue weighted by atomic mass is 32.2. The fourth-order valence-corrected chi connectivity index (χ4v) is 3.90. The van der Waals surface area contributed by atoms with Gasteiger partial charge in [-0.1, -0.05) is 59.8 Å². The van der Waals surface area contributed by atoms with Crippen molar-refractivity contribution in [2.45, 2.75) is 12.1 Å². The summed E-state index contributed by atoms with van der Waals surface area (Å²) >= 11 is 1.39. The lowest BCUT2D eigenvalue weighted by atomic mass is 10.2. The highest BCUT2D eigenvalue weighted by Crippen LogP contribution is 2.29. The van der Waals surface area contributed by atoms with Gasteiger partial charge in [-0.15, -0.1) is 10.2 Å². The highest BCUT2D eigenvalue weighted by molar-refractivity contribution is 7.99. The van der Waals surface area contributed by atoms with Gasteiger partial charge in [0.05, 0.1) is 12.9 Å². The summed E-state index contributed by atoms with van der Waals surface area (Å²) in [7, 11) is 1.64. The molecule has 4 rings (SSSR count).